The van der Waals surface area contributed by atoms with Gasteiger partial charge in [0.15, 0.2) is 0 Å². The van der Waals surface area contributed by atoms with E-state index in [1.165, 1.54) is 5.00 Å². The van der Waals surface area contributed by atoms with Crippen LogP contribution in [0.4, 0.5) is 15.6 Å². The zero-order valence-electron chi connectivity index (χ0n) is 14.7. The lowest BCUT2D eigenvalue weighted by Gasteiger charge is -2.32. The van der Waals surface area contributed by atoms with E-state index in [1.807, 2.05) is 37.2 Å². The van der Waals surface area contributed by atoms with E-state index >= 15 is 0 Å². The summed E-state index contributed by atoms with van der Waals surface area (Å²) < 4.78 is 0. The van der Waals surface area contributed by atoms with E-state index in [0.717, 1.165) is 37.4 Å². The van der Waals surface area contributed by atoms with Crippen molar-refractivity contribution in [3.63, 3.8) is 0 Å². The second-order valence-corrected chi connectivity index (χ2v) is 7.35. The van der Waals surface area contributed by atoms with Gasteiger partial charge < -0.3 is 20.4 Å². The molecule has 7 heteroatoms. The quantitative estimate of drug-likeness (QED) is 0.862. The molecule has 0 aromatic carbocycles. The summed E-state index contributed by atoms with van der Waals surface area (Å²) in [6.45, 7) is 2.40. The molecule has 0 radical (unpaired) electrons. The van der Waals surface area contributed by atoms with Gasteiger partial charge in [0.2, 0.25) is 0 Å². The van der Waals surface area contributed by atoms with Crippen molar-refractivity contribution < 1.29 is 4.79 Å². The molecule has 3 rings (SSSR count). The molecule has 1 saturated heterocycles. The van der Waals surface area contributed by atoms with E-state index in [-0.39, 0.29) is 12.1 Å². The highest BCUT2D eigenvalue weighted by molar-refractivity contribution is 7.14. The minimum Gasteiger partial charge on any atom is -0.363 e. The van der Waals surface area contributed by atoms with Gasteiger partial charge >= 0.3 is 6.03 Å². The van der Waals surface area contributed by atoms with E-state index in [0.29, 0.717) is 6.54 Å². The molecule has 0 aliphatic carbocycles. The van der Waals surface area contributed by atoms with Crippen LogP contribution in [-0.4, -0.2) is 44.2 Å². The number of hydrogen-bond donors (Lipinski definition) is 2. The van der Waals surface area contributed by atoms with Gasteiger partial charge in [-0.3, -0.25) is 0 Å². The highest BCUT2D eigenvalue weighted by Gasteiger charge is 2.21. The monoisotopic (exact) mass is 359 g/mol. The first-order chi connectivity index (χ1) is 12.1. The fourth-order valence-electron chi connectivity index (χ4n) is 2.92. The average molecular weight is 359 g/mol. The predicted molar refractivity (Wildman–Crippen MR) is 103 cm³/mol. The summed E-state index contributed by atoms with van der Waals surface area (Å²) in [5.41, 5.74) is 0.855. The molecule has 134 valence electrons. The van der Waals surface area contributed by atoms with E-state index in [9.17, 15) is 4.79 Å². The summed E-state index contributed by atoms with van der Waals surface area (Å²) in [6, 6.07) is 10.2. The number of carbonyl (C=O) groups is 1. The Hall–Kier alpha value is -2.28. The first kappa shape index (κ1) is 17.5. The summed E-state index contributed by atoms with van der Waals surface area (Å²) in [5, 5.41) is 9.41. The van der Waals surface area contributed by atoms with Crippen molar-refractivity contribution in [1.29, 1.82) is 0 Å². The largest absolute Gasteiger partial charge is 0.363 e. The van der Waals surface area contributed by atoms with Gasteiger partial charge in [-0.2, -0.15) is 0 Å². The molecule has 0 spiro atoms. The molecule has 1 aliphatic rings. The number of anilines is 2. The van der Waals surface area contributed by atoms with Crippen molar-refractivity contribution in [1.82, 2.24) is 15.6 Å². The Morgan fingerprint density at radius 1 is 1.28 bits per heavy atom. The predicted octanol–water partition coefficient (Wildman–Crippen LogP) is 2.68. The van der Waals surface area contributed by atoms with Crippen LogP contribution in [0.1, 0.15) is 18.5 Å². The standard InChI is InChI=1S/C18H25N5OS/c1-22(2)16-6-3-5-15(20-16)13-19-18(24)21-14-8-10-23(11-9-14)17-7-4-12-25-17/h3-7,12,14H,8-11,13H2,1-2H3,(H2,19,21,24). The summed E-state index contributed by atoms with van der Waals surface area (Å²) in [5.74, 6) is 0.889. The van der Waals surface area contributed by atoms with Gasteiger partial charge in [0.05, 0.1) is 17.2 Å². The van der Waals surface area contributed by atoms with Crippen LogP contribution in [0.2, 0.25) is 0 Å². The Morgan fingerprint density at radius 3 is 2.76 bits per heavy atom. The van der Waals surface area contributed by atoms with Crippen LogP contribution in [0.25, 0.3) is 0 Å². The third kappa shape index (κ3) is 4.85. The summed E-state index contributed by atoms with van der Waals surface area (Å²) in [7, 11) is 3.91. The maximum Gasteiger partial charge on any atom is 0.315 e. The summed E-state index contributed by atoms with van der Waals surface area (Å²) >= 11 is 1.77. The van der Waals surface area contributed by atoms with Crippen molar-refractivity contribution in [3.8, 4) is 0 Å². The first-order valence-corrected chi connectivity index (χ1v) is 9.46. The Labute approximate surface area is 152 Å². The lowest BCUT2D eigenvalue weighted by atomic mass is 10.1. The van der Waals surface area contributed by atoms with Crippen LogP contribution in [0.15, 0.2) is 35.7 Å². The molecule has 1 fully saturated rings. The highest BCUT2D eigenvalue weighted by Crippen LogP contribution is 2.24. The third-order valence-corrected chi connectivity index (χ3v) is 5.26. The Kier molecular flexibility index (Phi) is 5.75. The van der Waals surface area contributed by atoms with Gasteiger partial charge in [-0.25, -0.2) is 9.78 Å². The van der Waals surface area contributed by atoms with E-state index in [1.54, 1.807) is 11.3 Å². The Bertz CT molecular complexity index is 681. The molecule has 2 aromatic rings. The number of piperidine rings is 1. The zero-order valence-corrected chi connectivity index (χ0v) is 15.6. The number of hydrogen-bond acceptors (Lipinski definition) is 5. The summed E-state index contributed by atoms with van der Waals surface area (Å²) in [6.07, 6.45) is 1.94. The molecule has 3 heterocycles. The Balaban J connectivity index is 1.42. The van der Waals surface area contributed by atoms with Crippen molar-refractivity contribution in [2.24, 2.45) is 0 Å². The molecule has 2 amide bonds. The fraction of sp³-hybridized carbons (Fsp3) is 0.444. The van der Waals surface area contributed by atoms with Gasteiger partial charge in [0.1, 0.15) is 5.82 Å². The lowest BCUT2D eigenvalue weighted by molar-refractivity contribution is 0.234. The number of carbonyl (C=O) groups excluding carboxylic acids is 1. The van der Waals surface area contributed by atoms with Crippen LogP contribution >= 0.6 is 11.3 Å². The fourth-order valence-corrected chi connectivity index (χ4v) is 3.70. The number of nitrogens with zero attached hydrogens (tertiary/aromatic N) is 3. The maximum absolute atomic E-state index is 12.1. The Morgan fingerprint density at radius 2 is 2.08 bits per heavy atom. The van der Waals surface area contributed by atoms with Gasteiger partial charge in [0, 0.05) is 33.2 Å². The molecular formula is C18H25N5OS. The van der Waals surface area contributed by atoms with E-state index in [2.05, 4.69) is 38.0 Å². The van der Waals surface area contributed by atoms with Crippen molar-refractivity contribution in [2.75, 3.05) is 37.0 Å². The number of pyridine rings is 1. The summed E-state index contributed by atoms with van der Waals surface area (Å²) in [4.78, 5) is 21.0. The average Bonchev–Trinajstić information content (AvgIpc) is 3.15. The highest BCUT2D eigenvalue weighted by atomic mass is 32.1. The van der Waals surface area contributed by atoms with Crippen molar-refractivity contribution >= 4 is 28.2 Å². The number of aromatic nitrogens is 1. The molecule has 6 nitrogen and oxygen atoms in total. The molecule has 0 unspecified atom stereocenters. The topological polar surface area (TPSA) is 60.5 Å². The number of urea groups is 1. The number of rotatable bonds is 5. The SMILES string of the molecule is CN(C)c1cccc(CNC(=O)NC2CCN(c3cccs3)CC2)n1. The zero-order chi connectivity index (χ0) is 17.6. The second-order valence-electron chi connectivity index (χ2n) is 6.42. The molecule has 0 bridgehead atoms. The number of thiophene rings is 1. The minimum absolute atomic E-state index is 0.119. The number of amides is 2. The van der Waals surface area contributed by atoms with Gasteiger partial charge in [-0.15, -0.1) is 11.3 Å². The van der Waals surface area contributed by atoms with Crippen molar-refractivity contribution in [2.45, 2.75) is 25.4 Å². The maximum atomic E-state index is 12.1. The van der Waals surface area contributed by atoms with Gasteiger partial charge in [0.25, 0.3) is 0 Å². The normalized spacial score (nSPS) is 15.0. The first-order valence-electron chi connectivity index (χ1n) is 8.58. The third-order valence-electron chi connectivity index (χ3n) is 4.33. The van der Waals surface area contributed by atoms with Gasteiger partial charge in [-0.05, 0) is 42.5 Å². The molecule has 1 aliphatic heterocycles. The molecular weight excluding hydrogens is 334 g/mol. The molecule has 2 aromatic heterocycles. The lowest BCUT2D eigenvalue weighted by Crippen LogP contribution is -2.47. The molecule has 0 atom stereocenters. The van der Waals surface area contributed by atoms with Crippen LogP contribution in [-0.2, 0) is 6.54 Å². The van der Waals surface area contributed by atoms with E-state index in [4.69, 9.17) is 0 Å². The molecule has 2 N–H and O–H groups in total. The smallest absolute Gasteiger partial charge is 0.315 e. The number of nitrogens with one attached hydrogen (secondary N) is 2. The minimum atomic E-state index is -0.119. The van der Waals surface area contributed by atoms with Crippen LogP contribution in [0.3, 0.4) is 0 Å². The van der Waals surface area contributed by atoms with Crippen LogP contribution in [0, 0.1) is 0 Å². The molecule has 0 saturated carbocycles. The van der Waals surface area contributed by atoms with Gasteiger partial charge in [-0.1, -0.05) is 6.07 Å². The van der Waals surface area contributed by atoms with Crippen LogP contribution < -0.4 is 20.4 Å². The van der Waals surface area contributed by atoms with E-state index < -0.39 is 0 Å². The molecule has 25 heavy (non-hydrogen) atoms. The van der Waals surface area contributed by atoms with Crippen LogP contribution in [0.5, 0.6) is 0 Å². The van der Waals surface area contributed by atoms with Crippen molar-refractivity contribution in [3.05, 3.63) is 41.4 Å². The second kappa shape index (κ2) is 8.20.